The van der Waals surface area contributed by atoms with Crippen molar-refractivity contribution >= 4 is 91.5 Å². The van der Waals surface area contributed by atoms with Crippen molar-refractivity contribution in [3.8, 4) is 0 Å². The zero-order chi connectivity index (χ0) is 24.0. The van der Waals surface area contributed by atoms with Gasteiger partial charge in [-0.2, -0.15) is 0 Å². The Morgan fingerprint density at radius 2 is 1.32 bits per heavy atom. The summed E-state index contributed by atoms with van der Waals surface area (Å²) >= 11 is 36.9. The molecule has 2 bridgehead atoms. The van der Waals surface area contributed by atoms with Gasteiger partial charge in [-0.1, -0.05) is 64.1 Å². The Morgan fingerprint density at radius 1 is 0.903 bits per heavy atom. The Kier molecular flexibility index (Phi) is 5.84. The zero-order valence-electron chi connectivity index (χ0n) is 15.1. The molecule has 0 aromatic heterocycles. The maximum atomic E-state index is 13.0. The van der Waals surface area contributed by atoms with Gasteiger partial charge in [-0.05, 0) is 19.1 Å². The molecule has 3 rings (SSSR count). The number of amides is 1. The van der Waals surface area contributed by atoms with Crippen molar-refractivity contribution < 1.29 is 33.3 Å². The number of rotatable bonds is 4. The summed E-state index contributed by atoms with van der Waals surface area (Å²) in [6, 6.07) is 5.31. The van der Waals surface area contributed by atoms with Gasteiger partial charge in [0.05, 0.1) is 16.7 Å². The third kappa shape index (κ3) is 2.85. The Bertz CT molecular complexity index is 1080. The van der Waals surface area contributed by atoms with Crippen LogP contribution in [0.4, 0.5) is 0 Å². The molecule has 2 fully saturated rings. The smallest absolute Gasteiger partial charge is 0.309 e. The summed E-state index contributed by atoms with van der Waals surface area (Å²) in [4.78, 5) is 18.9. The second kappa shape index (κ2) is 7.13. The van der Waals surface area contributed by atoms with E-state index in [0.717, 1.165) is 5.56 Å². The summed E-state index contributed by atoms with van der Waals surface area (Å²) in [7, 11) is -4.53. The molecule has 15 heteroatoms. The lowest BCUT2D eigenvalue weighted by Gasteiger charge is -2.48. The number of aliphatic hydroxyl groups is 2. The summed E-state index contributed by atoms with van der Waals surface area (Å²) in [5, 5.41) is 24.5. The largest absolute Gasteiger partial charge is 0.481 e. The molecule has 1 aromatic carbocycles. The van der Waals surface area contributed by atoms with Crippen LogP contribution in [0.15, 0.2) is 29.2 Å². The lowest BCUT2D eigenvalue weighted by Crippen LogP contribution is -2.70. The molecule has 0 heterocycles. The van der Waals surface area contributed by atoms with Gasteiger partial charge in [0.15, 0.2) is 4.33 Å². The summed E-state index contributed by atoms with van der Waals surface area (Å²) in [6.07, 6.45) is 0. The SMILES string of the molecule is Cc1ccc(S(=O)(=O)NC(=O)[C@@H]2[C@H](C(=O)O)[C@]3(Cl)C(Cl)(Cl)[C@]2(Cl)[C@@](O)(Cl)[C@]3(O)Cl)cc1. The number of fused-ring (bicyclic) bond motifs is 2. The molecule has 4 N–H and O–H groups in total. The van der Waals surface area contributed by atoms with Gasteiger partial charge in [-0.15, -0.1) is 23.2 Å². The molecule has 1 aromatic rings. The van der Waals surface area contributed by atoms with Crippen LogP contribution in [0.25, 0.3) is 0 Å². The summed E-state index contributed by atoms with van der Waals surface area (Å²) in [5.41, 5.74) is 0.732. The molecule has 0 saturated heterocycles. The maximum absolute atomic E-state index is 13.0. The number of carbonyl (C=O) groups excluding carboxylic acids is 1. The lowest BCUT2D eigenvalue weighted by atomic mass is 9.74. The first kappa shape index (κ1) is 25.4. The highest BCUT2D eigenvalue weighted by Gasteiger charge is 2.98. The van der Waals surface area contributed by atoms with E-state index in [1.54, 1.807) is 11.6 Å². The summed E-state index contributed by atoms with van der Waals surface area (Å²) in [6.45, 7) is 1.70. The topological polar surface area (TPSA) is 141 Å². The van der Waals surface area contributed by atoms with Crippen molar-refractivity contribution in [1.82, 2.24) is 4.72 Å². The highest BCUT2D eigenvalue weighted by molar-refractivity contribution is 7.90. The third-order valence-electron chi connectivity index (χ3n) is 5.62. The first-order chi connectivity index (χ1) is 13.8. The van der Waals surface area contributed by atoms with Crippen molar-refractivity contribution in [2.45, 2.75) is 36.0 Å². The minimum absolute atomic E-state index is 0.330. The van der Waals surface area contributed by atoms with Crippen molar-refractivity contribution in [3.05, 3.63) is 29.8 Å². The number of carboxylic acid groups (broad SMARTS) is 1. The number of alkyl halides is 6. The van der Waals surface area contributed by atoms with E-state index in [2.05, 4.69) is 0 Å². The number of sulfonamides is 1. The molecule has 6 atom stereocenters. The second-order valence-electron chi connectivity index (χ2n) is 7.32. The van der Waals surface area contributed by atoms with E-state index in [-0.39, 0.29) is 4.90 Å². The minimum Gasteiger partial charge on any atom is -0.481 e. The zero-order valence-corrected chi connectivity index (χ0v) is 20.5. The highest BCUT2D eigenvalue weighted by Crippen LogP contribution is 2.80. The third-order valence-corrected chi connectivity index (χ3v) is 11.6. The fourth-order valence-corrected chi connectivity index (χ4v) is 8.23. The summed E-state index contributed by atoms with van der Waals surface area (Å²) < 4.78 is 24.1. The molecule has 2 aliphatic rings. The molecule has 172 valence electrons. The van der Waals surface area contributed by atoms with E-state index < -0.39 is 57.9 Å². The Hall–Kier alpha value is -0.230. The van der Waals surface area contributed by atoms with E-state index in [1.165, 1.54) is 24.3 Å². The van der Waals surface area contributed by atoms with Gasteiger partial charge >= 0.3 is 5.97 Å². The highest BCUT2D eigenvalue weighted by atomic mass is 35.5. The molecule has 1 amide bonds. The fourth-order valence-electron chi connectivity index (χ4n) is 4.04. The van der Waals surface area contributed by atoms with Gasteiger partial charge in [0, 0.05) is 0 Å². The van der Waals surface area contributed by atoms with Crippen molar-refractivity contribution in [3.63, 3.8) is 0 Å². The minimum atomic E-state index is -4.53. The molecular weight excluding hydrogens is 563 g/mol. The molecular formula is C16H13Cl6NO7S. The van der Waals surface area contributed by atoms with Crippen LogP contribution in [0, 0.1) is 18.8 Å². The Morgan fingerprint density at radius 3 is 1.74 bits per heavy atom. The number of benzene rings is 1. The van der Waals surface area contributed by atoms with Gasteiger partial charge in [-0.3, -0.25) is 9.59 Å². The van der Waals surface area contributed by atoms with Crippen molar-refractivity contribution in [2.24, 2.45) is 11.8 Å². The lowest BCUT2D eigenvalue weighted by molar-refractivity contribution is -0.159. The van der Waals surface area contributed by atoms with Gasteiger partial charge in [0.2, 0.25) is 16.0 Å². The van der Waals surface area contributed by atoms with Crippen molar-refractivity contribution in [1.29, 1.82) is 0 Å². The normalized spacial score (nSPS) is 41.2. The van der Waals surface area contributed by atoms with E-state index >= 15 is 0 Å². The van der Waals surface area contributed by atoms with Crippen LogP contribution < -0.4 is 4.72 Å². The van der Waals surface area contributed by atoms with E-state index in [0.29, 0.717) is 0 Å². The Balaban J connectivity index is 2.15. The van der Waals surface area contributed by atoms with Crippen LogP contribution >= 0.6 is 69.6 Å². The molecule has 2 aliphatic carbocycles. The maximum Gasteiger partial charge on any atom is 0.309 e. The van der Waals surface area contributed by atoms with Gasteiger partial charge in [-0.25, -0.2) is 13.1 Å². The number of halogens is 6. The van der Waals surface area contributed by atoms with Crippen LogP contribution in [0.2, 0.25) is 0 Å². The average Bonchev–Trinajstić information content (AvgIpc) is 2.80. The number of aryl methyl sites for hydroxylation is 1. The predicted octanol–water partition coefficient (Wildman–Crippen LogP) is 2.13. The van der Waals surface area contributed by atoms with Crippen LogP contribution in [0.1, 0.15) is 5.56 Å². The fraction of sp³-hybridized carbons (Fsp3) is 0.500. The van der Waals surface area contributed by atoms with E-state index in [4.69, 9.17) is 69.6 Å². The first-order valence-electron chi connectivity index (χ1n) is 8.26. The van der Waals surface area contributed by atoms with Crippen LogP contribution in [-0.2, 0) is 19.6 Å². The van der Waals surface area contributed by atoms with Gasteiger partial charge in [0.1, 0.15) is 9.75 Å². The standard InChI is InChI=1S/C16H13Cl6NO7S/c1-6-2-4-7(5-3-6)31(29,30)23-10(24)8-9(11(25)26)13(18)14(19,20)12(8,17)15(21,27)16(13,22)28/h2-5,8-9,27-28H,1H3,(H,23,24)(H,25,26)/t8-,9+,12-,13-,15-,16-/m0/s1. The molecule has 8 nitrogen and oxygen atoms in total. The molecule has 0 radical (unpaired) electrons. The van der Waals surface area contributed by atoms with Gasteiger partial charge in [0.25, 0.3) is 10.0 Å². The number of nitrogens with one attached hydrogen (secondary N) is 1. The molecule has 0 unspecified atom stereocenters. The second-order valence-corrected chi connectivity index (χ2v) is 12.6. The molecule has 0 aliphatic heterocycles. The number of aliphatic carboxylic acids is 1. The first-order valence-corrected chi connectivity index (χ1v) is 12.0. The quantitative estimate of drug-likeness (QED) is 0.403. The molecule has 2 saturated carbocycles. The summed E-state index contributed by atoms with van der Waals surface area (Å²) in [5.74, 6) is -7.91. The predicted molar refractivity (Wildman–Crippen MR) is 114 cm³/mol. The average molecular weight is 576 g/mol. The number of hydrogen-bond donors (Lipinski definition) is 4. The Labute approximate surface area is 206 Å². The van der Waals surface area contributed by atoms with E-state index in [9.17, 15) is 33.3 Å². The van der Waals surface area contributed by atoms with Crippen molar-refractivity contribution in [2.75, 3.05) is 0 Å². The van der Waals surface area contributed by atoms with Crippen LogP contribution in [0.3, 0.4) is 0 Å². The van der Waals surface area contributed by atoms with E-state index in [1.807, 2.05) is 0 Å². The molecule has 31 heavy (non-hydrogen) atoms. The molecule has 0 spiro atoms. The number of carbonyl (C=O) groups is 2. The number of hydrogen-bond acceptors (Lipinski definition) is 6. The number of carboxylic acids is 1. The monoisotopic (exact) mass is 573 g/mol. The van der Waals surface area contributed by atoms with Crippen LogP contribution in [0.5, 0.6) is 0 Å². The van der Waals surface area contributed by atoms with Gasteiger partial charge < -0.3 is 15.3 Å². The van der Waals surface area contributed by atoms with Crippen LogP contribution in [-0.4, -0.2) is 59.8 Å².